The maximum Gasteiger partial charge on any atom is 0.143 e. The second-order valence-corrected chi connectivity index (χ2v) is 3.21. The first-order chi connectivity index (χ1) is 6.84. The van der Waals surface area contributed by atoms with E-state index in [1.165, 1.54) is 0 Å². The molecule has 0 N–H and O–H groups in total. The van der Waals surface area contributed by atoms with Gasteiger partial charge in [-0.1, -0.05) is 6.07 Å². The molecule has 1 saturated heterocycles. The Kier molecular flexibility index (Phi) is 2.58. The second kappa shape index (κ2) is 4.05. The summed E-state index contributed by atoms with van der Waals surface area (Å²) < 4.78 is 5.36. The van der Waals surface area contributed by atoms with Gasteiger partial charge >= 0.3 is 0 Å². The third-order valence-corrected chi connectivity index (χ3v) is 2.05. The predicted molar refractivity (Wildman–Crippen MR) is 52.4 cm³/mol. The quantitative estimate of drug-likeness (QED) is 0.676. The third kappa shape index (κ3) is 2.19. The van der Waals surface area contributed by atoms with Crippen molar-refractivity contribution in [1.29, 1.82) is 0 Å². The molecule has 3 heteroatoms. The van der Waals surface area contributed by atoms with Crippen LogP contribution in [-0.2, 0) is 9.53 Å². The number of allylic oxidation sites excluding steroid dienone is 1. The van der Waals surface area contributed by atoms with Gasteiger partial charge in [0.1, 0.15) is 11.5 Å². The normalized spacial score (nSPS) is 19.4. The molecule has 2 heterocycles. The Balaban J connectivity index is 2.14. The van der Waals surface area contributed by atoms with Crippen molar-refractivity contribution in [3.63, 3.8) is 0 Å². The molecule has 1 aliphatic heterocycles. The topological polar surface area (TPSA) is 39.2 Å². The molecule has 0 amide bonds. The molecule has 0 saturated carbocycles. The number of carbonyl (C=O) groups excluding carboxylic acids is 1. The summed E-state index contributed by atoms with van der Waals surface area (Å²) in [6.45, 7) is 0.505. The van der Waals surface area contributed by atoms with Crippen molar-refractivity contribution in [3.8, 4) is 0 Å². The van der Waals surface area contributed by atoms with Crippen LogP contribution in [0.1, 0.15) is 18.4 Å². The van der Waals surface area contributed by atoms with Crippen LogP contribution in [-0.4, -0.2) is 17.4 Å². The van der Waals surface area contributed by atoms with Gasteiger partial charge in [0, 0.05) is 18.8 Å². The number of rotatable bonds is 1. The van der Waals surface area contributed by atoms with Crippen LogP contribution in [0.5, 0.6) is 0 Å². The summed E-state index contributed by atoms with van der Waals surface area (Å²) in [6, 6.07) is 3.79. The summed E-state index contributed by atoms with van der Waals surface area (Å²) in [5.41, 5.74) is 0.970. The fourth-order valence-electron chi connectivity index (χ4n) is 1.37. The van der Waals surface area contributed by atoms with Gasteiger partial charge in [-0.05, 0) is 17.7 Å². The number of carbonyl (C=O) groups is 1. The Labute approximate surface area is 82.4 Å². The Morgan fingerprint density at radius 1 is 1.50 bits per heavy atom. The van der Waals surface area contributed by atoms with Gasteiger partial charge in [0.25, 0.3) is 0 Å². The number of hydrogen-bond donors (Lipinski definition) is 0. The minimum absolute atomic E-state index is 0.242. The highest BCUT2D eigenvalue weighted by molar-refractivity contribution is 5.82. The monoisotopic (exact) mass is 189 g/mol. The van der Waals surface area contributed by atoms with E-state index in [-0.39, 0.29) is 5.78 Å². The zero-order valence-electron chi connectivity index (χ0n) is 7.77. The molecular weight excluding hydrogens is 178 g/mol. The van der Waals surface area contributed by atoms with Gasteiger partial charge in [-0.25, -0.2) is 0 Å². The molecule has 0 aliphatic carbocycles. The number of Topliss-reactive ketones (excluding diaryl/α,β-unsaturated/α-hetero) is 1. The molecular formula is C11H11NO2. The number of ether oxygens (including phenoxy) is 1. The van der Waals surface area contributed by atoms with Crippen molar-refractivity contribution in [2.75, 3.05) is 6.61 Å². The number of pyridine rings is 1. The van der Waals surface area contributed by atoms with Crippen LogP contribution in [0.4, 0.5) is 0 Å². The molecule has 0 aromatic carbocycles. The first-order valence-electron chi connectivity index (χ1n) is 4.60. The molecule has 0 unspecified atom stereocenters. The Morgan fingerprint density at radius 3 is 3.14 bits per heavy atom. The van der Waals surface area contributed by atoms with Crippen molar-refractivity contribution < 1.29 is 9.53 Å². The molecule has 14 heavy (non-hydrogen) atoms. The summed E-state index contributed by atoms with van der Waals surface area (Å²) in [4.78, 5) is 15.1. The lowest BCUT2D eigenvalue weighted by Crippen LogP contribution is -2.12. The van der Waals surface area contributed by atoms with E-state index in [1.54, 1.807) is 12.4 Å². The average molecular weight is 189 g/mol. The molecule has 1 fully saturated rings. The SMILES string of the molecule is O=C1CCOC(=Cc2cccnc2)C1. The third-order valence-electron chi connectivity index (χ3n) is 2.05. The molecule has 1 aromatic rings. The van der Waals surface area contributed by atoms with E-state index in [4.69, 9.17) is 4.74 Å². The van der Waals surface area contributed by atoms with Gasteiger partial charge in [-0.3, -0.25) is 9.78 Å². The number of hydrogen-bond acceptors (Lipinski definition) is 3. The van der Waals surface area contributed by atoms with Gasteiger partial charge in [-0.15, -0.1) is 0 Å². The zero-order valence-corrected chi connectivity index (χ0v) is 7.77. The highest BCUT2D eigenvalue weighted by atomic mass is 16.5. The Morgan fingerprint density at radius 2 is 2.43 bits per heavy atom. The van der Waals surface area contributed by atoms with E-state index in [2.05, 4.69) is 4.98 Å². The van der Waals surface area contributed by atoms with E-state index >= 15 is 0 Å². The van der Waals surface area contributed by atoms with Gasteiger partial charge in [0.2, 0.25) is 0 Å². The maximum atomic E-state index is 11.1. The van der Waals surface area contributed by atoms with Crippen LogP contribution < -0.4 is 0 Å². The van der Waals surface area contributed by atoms with Gasteiger partial charge in [-0.2, -0.15) is 0 Å². The summed E-state index contributed by atoms with van der Waals surface area (Å²) in [5.74, 6) is 0.987. The average Bonchev–Trinajstić information content (AvgIpc) is 2.19. The van der Waals surface area contributed by atoms with Crippen molar-refractivity contribution in [1.82, 2.24) is 4.98 Å². The molecule has 1 aliphatic rings. The summed E-state index contributed by atoms with van der Waals surface area (Å²) in [6.07, 6.45) is 6.27. The molecule has 0 spiro atoms. The molecule has 0 atom stereocenters. The van der Waals surface area contributed by atoms with E-state index in [0.717, 1.165) is 11.3 Å². The standard InChI is InChI=1S/C11H11NO2/c13-10-3-5-14-11(7-10)6-9-2-1-4-12-8-9/h1-2,4,6,8H,3,5,7H2. The smallest absolute Gasteiger partial charge is 0.143 e. The molecule has 0 radical (unpaired) electrons. The lowest BCUT2D eigenvalue weighted by Gasteiger charge is -2.14. The van der Waals surface area contributed by atoms with E-state index in [9.17, 15) is 4.79 Å². The summed E-state index contributed by atoms with van der Waals surface area (Å²) >= 11 is 0. The highest BCUT2D eigenvalue weighted by Gasteiger charge is 2.13. The van der Waals surface area contributed by atoms with Gasteiger partial charge in [0.05, 0.1) is 13.0 Å². The molecule has 3 nitrogen and oxygen atoms in total. The molecule has 2 rings (SSSR count). The van der Waals surface area contributed by atoms with E-state index in [0.29, 0.717) is 19.4 Å². The lowest BCUT2D eigenvalue weighted by atomic mass is 10.1. The minimum Gasteiger partial charge on any atom is -0.497 e. The van der Waals surface area contributed by atoms with Crippen molar-refractivity contribution in [3.05, 3.63) is 35.8 Å². The largest absolute Gasteiger partial charge is 0.497 e. The van der Waals surface area contributed by atoms with E-state index in [1.807, 2.05) is 18.2 Å². The van der Waals surface area contributed by atoms with Crippen LogP contribution in [0.25, 0.3) is 6.08 Å². The van der Waals surface area contributed by atoms with Crippen LogP contribution in [0.15, 0.2) is 30.3 Å². The fourth-order valence-corrected chi connectivity index (χ4v) is 1.37. The first kappa shape index (κ1) is 8.94. The highest BCUT2D eigenvalue weighted by Crippen LogP contribution is 2.16. The summed E-state index contributed by atoms with van der Waals surface area (Å²) in [7, 11) is 0. The first-order valence-corrected chi connectivity index (χ1v) is 4.60. The van der Waals surface area contributed by atoms with Gasteiger partial charge in [0.15, 0.2) is 0 Å². The number of nitrogens with zero attached hydrogens (tertiary/aromatic N) is 1. The van der Waals surface area contributed by atoms with E-state index < -0.39 is 0 Å². The van der Waals surface area contributed by atoms with Crippen LogP contribution in [0, 0.1) is 0 Å². The zero-order chi connectivity index (χ0) is 9.80. The Hall–Kier alpha value is -1.64. The second-order valence-electron chi connectivity index (χ2n) is 3.21. The molecule has 0 bridgehead atoms. The fraction of sp³-hybridized carbons (Fsp3) is 0.273. The van der Waals surface area contributed by atoms with Crippen LogP contribution >= 0.6 is 0 Å². The van der Waals surface area contributed by atoms with Crippen LogP contribution in [0.3, 0.4) is 0 Å². The molecule has 72 valence electrons. The van der Waals surface area contributed by atoms with Crippen molar-refractivity contribution in [2.45, 2.75) is 12.8 Å². The minimum atomic E-state index is 0.242. The molecule has 1 aromatic heterocycles. The summed E-state index contributed by atoms with van der Waals surface area (Å²) in [5, 5.41) is 0. The lowest BCUT2D eigenvalue weighted by molar-refractivity contribution is -0.121. The van der Waals surface area contributed by atoms with Crippen molar-refractivity contribution >= 4 is 11.9 Å². The van der Waals surface area contributed by atoms with Crippen LogP contribution in [0.2, 0.25) is 0 Å². The predicted octanol–water partition coefficient (Wildman–Crippen LogP) is 1.80. The maximum absolute atomic E-state index is 11.1. The Bertz CT molecular complexity index is 357. The number of ketones is 1. The number of aromatic nitrogens is 1. The van der Waals surface area contributed by atoms with Gasteiger partial charge < -0.3 is 4.74 Å². The van der Waals surface area contributed by atoms with Crippen molar-refractivity contribution in [2.24, 2.45) is 0 Å².